The lowest BCUT2D eigenvalue weighted by molar-refractivity contribution is -0.119. The van der Waals surface area contributed by atoms with Gasteiger partial charge in [-0.15, -0.1) is 0 Å². The van der Waals surface area contributed by atoms with E-state index in [0.29, 0.717) is 17.1 Å². The van der Waals surface area contributed by atoms with E-state index in [4.69, 9.17) is 5.73 Å². The number of hydrogen-bond donors (Lipinski definition) is 3. The highest BCUT2D eigenvalue weighted by Gasteiger charge is 2.22. The Morgan fingerprint density at radius 1 is 1.32 bits per heavy atom. The zero-order valence-electron chi connectivity index (χ0n) is 10.8. The Morgan fingerprint density at radius 3 is 2.42 bits per heavy atom. The lowest BCUT2D eigenvalue weighted by atomic mass is 10.3. The highest BCUT2D eigenvalue weighted by Crippen LogP contribution is 2.13. The summed E-state index contributed by atoms with van der Waals surface area (Å²) in [5, 5.41) is 3.74. The number of anilines is 1. The fourth-order valence-electron chi connectivity index (χ4n) is 1.32. The van der Waals surface area contributed by atoms with Crippen LogP contribution in [-0.4, -0.2) is 27.9 Å². The van der Waals surface area contributed by atoms with Crippen LogP contribution in [0.15, 0.2) is 29.2 Å². The van der Waals surface area contributed by atoms with Crippen molar-refractivity contribution in [2.45, 2.75) is 24.0 Å². The molecule has 2 unspecified atom stereocenters. The average Bonchev–Trinajstić information content (AvgIpc) is 2.38. The minimum atomic E-state index is -1.53. The van der Waals surface area contributed by atoms with Crippen molar-refractivity contribution in [2.24, 2.45) is 0 Å². The first-order valence-corrected chi connectivity index (χ1v) is 7.01. The van der Waals surface area contributed by atoms with Gasteiger partial charge in [0, 0.05) is 17.1 Å². The van der Waals surface area contributed by atoms with Gasteiger partial charge in [-0.1, -0.05) is 0 Å². The molecule has 0 bridgehead atoms. The number of hydrogen-bond acceptors (Lipinski definition) is 4. The molecule has 0 aliphatic rings. The van der Waals surface area contributed by atoms with Crippen LogP contribution in [0.4, 0.5) is 10.5 Å². The first-order chi connectivity index (χ1) is 8.95. The number of benzene rings is 1. The van der Waals surface area contributed by atoms with Crippen LogP contribution in [0, 0.1) is 0 Å². The standard InChI is InChI=1S/C12H17N3O3S/c1-3-14-12(17)15-11(16)8(2)19(18)10-6-4-9(13)5-7-10/h4-8H,3,13H2,1-2H3,(H2,14,15,16,17). The van der Waals surface area contributed by atoms with Gasteiger partial charge in [-0.3, -0.25) is 14.3 Å². The molecular weight excluding hydrogens is 266 g/mol. The molecule has 0 spiro atoms. The predicted octanol–water partition coefficient (Wildman–Crippen LogP) is 0.611. The molecule has 1 rings (SSSR count). The van der Waals surface area contributed by atoms with E-state index >= 15 is 0 Å². The van der Waals surface area contributed by atoms with Crippen molar-refractivity contribution in [1.29, 1.82) is 0 Å². The van der Waals surface area contributed by atoms with Crippen LogP contribution in [0.25, 0.3) is 0 Å². The second-order valence-electron chi connectivity index (χ2n) is 3.86. The third-order valence-electron chi connectivity index (χ3n) is 2.38. The summed E-state index contributed by atoms with van der Waals surface area (Å²) in [5.41, 5.74) is 6.09. The molecule has 0 aliphatic heterocycles. The van der Waals surface area contributed by atoms with Crippen LogP contribution in [0.3, 0.4) is 0 Å². The van der Waals surface area contributed by atoms with E-state index < -0.39 is 28.0 Å². The van der Waals surface area contributed by atoms with Crippen molar-refractivity contribution < 1.29 is 13.8 Å². The van der Waals surface area contributed by atoms with E-state index in [1.165, 1.54) is 6.92 Å². The normalized spacial score (nSPS) is 13.4. The maximum absolute atomic E-state index is 12.1. The van der Waals surface area contributed by atoms with E-state index in [1.54, 1.807) is 31.2 Å². The number of rotatable bonds is 4. The topological polar surface area (TPSA) is 101 Å². The Labute approximate surface area is 114 Å². The van der Waals surface area contributed by atoms with Gasteiger partial charge in [0.05, 0.1) is 10.8 Å². The van der Waals surface area contributed by atoms with Crippen molar-refractivity contribution >= 4 is 28.4 Å². The van der Waals surface area contributed by atoms with Gasteiger partial charge in [-0.2, -0.15) is 0 Å². The summed E-state index contributed by atoms with van der Waals surface area (Å²) in [4.78, 5) is 23.4. The molecule has 104 valence electrons. The molecule has 2 atom stereocenters. The maximum Gasteiger partial charge on any atom is 0.321 e. The van der Waals surface area contributed by atoms with E-state index in [9.17, 15) is 13.8 Å². The van der Waals surface area contributed by atoms with Gasteiger partial charge < -0.3 is 11.1 Å². The molecule has 4 N–H and O–H groups in total. The van der Waals surface area contributed by atoms with Crippen LogP contribution in [0.5, 0.6) is 0 Å². The molecule has 0 aliphatic carbocycles. The minimum absolute atomic E-state index is 0.411. The Hall–Kier alpha value is -1.89. The van der Waals surface area contributed by atoms with Crippen molar-refractivity contribution in [3.63, 3.8) is 0 Å². The number of amides is 3. The Bertz CT molecular complexity index is 487. The average molecular weight is 283 g/mol. The van der Waals surface area contributed by atoms with Crippen LogP contribution in [0.2, 0.25) is 0 Å². The molecule has 19 heavy (non-hydrogen) atoms. The monoisotopic (exact) mass is 283 g/mol. The number of nitrogen functional groups attached to an aromatic ring is 1. The van der Waals surface area contributed by atoms with Gasteiger partial charge in [0.25, 0.3) is 0 Å². The summed E-state index contributed by atoms with van der Waals surface area (Å²) in [6.45, 7) is 3.65. The minimum Gasteiger partial charge on any atom is -0.399 e. The van der Waals surface area contributed by atoms with Crippen molar-refractivity contribution in [3.8, 4) is 0 Å². The fourth-order valence-corrected chi connectivity index (χ4v) is 2.39. The smallest absolute Gasteiger partial charge is 0.321 e. The number of carbonyl (C=O) groups is 2. The highest BCUT2D eigenvalue weighted by molar-refractivity contribution is 7.86. The van der Waals surface area contributed by atoms with Gasteiger partial charge in [-0.25, -0.2) is 4.79 Å². The predicted molar refractivity (Wildman–Crippen MR) is 73.9 cm³/mol. The first kappa shape index (κ1) is 15.2. The first-order valence-electron chi connectivity index (χ1n) is 5.80. The summed E-state index contributed by atoms with van der Waals surface area (Å²) >= 11 is 0. The SMILES string of the molecule is CCNC(=O)NC(=O)C(C)S(=O)c1ccc(N)cc1. The van der Waals surface area contributed by atoms with E-state index in [-0.39, 0.29) is 0 Å². The van der Waals surface area contributed by atoms with Gasteiger partial charge in [0.1, 0.15) is 5.25 Å². The maximum atomic E-state index is 12.1. The largest absolute Gasteiger partial charge is 0.399 e. The molecular formula is C12H17N3O3S. The third kappa shape index (κ3) is 4.36. The van der Waals surface area contributed by atoms with Crippen LogP contribution < -0.4 is 16.4 Å². The molecule has 0 radical (unpaired) electrons. The second kappa shape index (κ2) is 6.89. The number of urea groups is 1. The number of nitrogens with two attached hydrogens (primary N) is 1. The van der Waals surface area contributed by atoms with Crippen molar-refractivity contribution in [3.05, 3.63) is 24.3 Å². The molecule has 0 saturated carbocycles. The third-order valence-corrected chi connectivity index (χ3v) is 3.97. The lowest BCUT2D eigenvalue weighted by Crippen LogP contribution is -2.44. The molecule has 1 aromatic rings. The number of imide groups is 1. The van der Waals surface area contributed by atoms with Gasteiger partial charge in [0.15, 0.2) is 0 Å². The zero-order valence-corrected chi connectivity index (χ0v) is 11.6. The Morgan fingerprint density at radius 2 is 1.89 bits per heavy atom. The number of carbonyl (C=O) groups excluding carboxylic acids is 2. The summed E-state index contributed by atoms with van der Waals surface area (Å²) < 4.78 is 12.1. The van der Waals surface area contributed by atoms with Gasteiger partial charge in [-0.05, 0) is 38.1 Å². The van der Waals surface area contributed by atoms with E-state index in [0.717, 1.165) is 0 Å². The second-order valence-corrected chi connectivity index (χ2v) is 5.63. The van der Waals surface area contributed by atoms with Gasteiger partial charge in [0.2, 0.25) is 5.91 Å². The van der Waals surface area contributed by atoms with Gasteiger partial charge >= 0.3 is 6.03 Å². The van der Waals surface area contributed by atoms with E-state index in [2.05, 4.69) is 10.6 Å². The van der Waals surface area contributed by atoms with Crippen LogP contribution >= 0.6 is 0 Å². The van der Waals surface area contributed by atoms with Crippen LogP contribution in [0.1, 0.15) is 13.8 Å². The summed E-state index contributed by atoms with van der Waals surface area (Å²) in [6, 6.07) is 5.83. The molecule has 0 aromatic heterocycles. The van der Waals surface area contributed by atoms with Crippen LogP contribution in [-0.2, 0) is 15.6 Å². The molecule has 0 fully saturated rings. The molecule has 3 amide bonds. The summed E-state index contributed by atoms with van der Waals surface area (Å²) in [7, 11) is -1.53. The quantitative estimate of drug-likeness (QED) is 0.705. The number of nitrogens with one attached hydrogen (secondary N) is 2. The molecule has 6 nitrogen and oxygen atoms in total. The molecule has 0 heterocycles. The lowest BCUT2D eigenvalue weighted by Gasteiger charge is -2.11. The molecule has 1 aromatic carbocycles. The Kier molecular flexibility index (Phi) is 5.50. The highest BCUT2D eigenvalue weighted by atomic mass is 32.2. The Balaban J connectivity index is 2.68. The summed E-state index contributed by atoms with van der Waals surface area (Å²) in [6.07, 6.45) is 0. The van der Waals surface area contributed by atoms with E-state index in [1.807, 2.05) is 0 Å². The fraction of sp³-hybridized carbons (Fsp3) is 0.333. The van der Waals surface area contributed by atoms with Crippen molar-refractivity contribution in [2.75, 3.05) is 12.3 Å². The van der Waals surface area contributed by atoms with Crippen molar-refractivity contribution in [1.82, 2.24) is 10.6 Å². The molecule has 7 heteroatoms. The summed E-state index contributed by atoms with van der Waals surface area (Å²) in [5.74, 6) is -0.582. The molecule has 0 saturated heterocycles. The zero-order chi connectivity index (χ0) is 14.4.